The summed E-state index contributed by atoms with van der Waals surface area (Å²) in [7, 11) is 0. The summed E-state index contributed by atoms with van der Waals surface area (Å²) in [6.07, 6.45) is 4.11. The second kappa shape index (κ2) is 5.92. The average molecular weight is 326 g/mol. The van der Waals surface area contributed by atoms with Gasteiger partial charge in [-0.3, -0.25) is 9.78 Å². The number of likely N-dealkylation sites (tertiary alicyclic amines) is 1. The predicted octanol–water partition coefficient (Wildman–Crippen LogP) is 2.82. The van der Waals surface area contributed by atoms with Gasteiger partial charge in [-0.1, -0.05) is 11.2 Å². The van der Waals surface area contributed by atoms with Gasteiger partial charge in [0.25, 0.3) is 11.8 Å². The number of hydrogen-bond acceptors (Lipinski definition) is 6. The Kier molecular flexibility index (Phi) is 3.63. The summed E-state index contributed by atoms with van der Waals surface area (Å²) in [6.45, 7) is 1.32. The second-order valence-electron chi connectivity index (χ2n) is 5.41. The molecule has 0 aliphatic carbocycles. The molecule has 0 N–H and O–H groups in total. The Labute approximate surface area is 136 Å². The predicted molar refractivity (Wildman–Crippen MR) is 85.1 cm³/mol. The van der Waals surface area contributed by atoms with Gasteiger partial charge in [0.05, 0.1) is 4.88 Å². The van der Waals surface area contributed by atoms with Crippen molar-refractivity contribution in [2.75, 3.05) is 13.1 Å². The monoisotopic (exact) mass is 326 g/mol. The summed E-state index contributed by atoms with van der Waals surface area (Å²) in [4.78, 5) is 23.7. The van der Waals surface area contributed by atoms with Crippen molar-refractivity contribution in [3.05, 3.63) is 53.4 Å². The van der Waals surface area contributed by atoms with Gasteiger partial charge in [0.15, 0.2) is 5.82 Å². The average Bonchev–Trinajstić information content (AvgIpc) is 3.34. The highest BCUT2D eigenvalue weighted by molar-refractivity contribution is 7.13. The van der Waals surface area contributed by atoms with Gasteiger partial charge in [0.2, 0.25) is 0 Å². The molecule has 3 aromatic rings. The lowest BCUT2D eigenvalue weighted by molar-refractivity contribution is 0.0790. The minimum atomic E-state index is 0.0249. The zero-order chi connectivity index (χ0) is 15.6. The van der Waals surface area contributed by atoms with Crippen molar-refractivity contribution in [2.45, 2.75) is 12.3 Å². The zero-order valence-corrected chi connectivity index (χ0v) is 13.1. The third kappa shape index (κ3) is 2.75. The Morgan fingerprint density at radius 1 is 1.30 bits per heavy atom. The molecule has 1 aliphatic heterocycles. The van der Waals surface area contributed by atoms with Gasteiger partial charge in [-0.2, -0.15) is 4.98 Å². The van der Waals surface area contributed by atoms with Crippen LogP contribution >= 0.6 is 11.3 Å². The van der Waals surface area contributed by atoms with E-state index in [1.807, 2.05) is 22.4 Å². The summed E-state index contributed by atoms with van der Waals surface area (Å²) in [5.41, 5.74) is 0.660. The molecule has 7 heteroatoms. The van der Waals surface area contributed by atoms with Gasteiger partial charge in [-0.15, -0.1) is 11.3 Å². The molecule has 1 fully saturated rings. The van der Waals surface area contributed by atoms with Crippen LogP contribution in [-0.2, 0) is 0 Å². The smallest absolute Gasteiger partial charge is 0.267 e. The third-order valence-electron chi connectivity index (χ3n) is 3.94. The SMILES string of the molecule is O=C(c1ccncc1)N1CC[C@@H](c2noc(-c3cccs3)n2)C1. The van der Waals surface area contributed by atoms with E-state index in [2.05, 4.69) is 15.1 Å². The number of carbonyl (C=O) groups excluding carboxylic acids is 1. The van der Waals surface area contributed by atoms with Crippen molar-refractivity contribution in [2.24, 2.45) is 0 Å². The van der Waals surface area contributed by atoms with Crippen molar-refractivity contribution >= 4 is 17.2 Å². The summed E-state index contributed by atoms with van der Waals surface area (Å²) >= 11 is 1.57. The number of amides is 1. The number of aromatic nitrogens is 3. The van der Waals surface area contributed by atoms with Crippen LogP contribution in [0.5, 0.6) is 0 Å². The van der Waals surface area contributed by atoms with Crippen molar-refractivity contribution in [3.8, 4) is 10.8 Å². The third-order valence-corrected chi connectivity index (χ3v) is 4.80. The van der Waals surface area contributed by atoms with Gasteiger partial charge < -0.3 is 9.42 Å². The lowest BCUT2D eigenvalue weighted by Crippen LogP contribution is -2.28. The molecule has 1 atom stereocenters. The number of hydrogen-bond donors (Lipinski definition) is 0. The fraction of sp³-hybridized carbons (Fsp3) is 0.250. The Bertz CT molecular complexity index is 801. The number of pyridine rings is 1. The molecule has 4 rings (SSSR count). The van der Waals surface area contributed by atoms with Gasteiger partial charge in [-0.05, 0) is 30.0 Å². The van der Waals surface area contributed by atoms with Crippen LogP contribution in [0.15, 0.2) is 46.6 Å². The fourth-order valence-corrected chi connectivity index (χ4v) is 3.38. The molecule has 4 heterocycles. The molecule has 0 spiro atoms. The molecule has 23 heavy (non-hydrogen) atoms. The van der Waals surface area contributed by atoms with Crippen molar-refractivity contribution in [3.63, 3.8) is 0 Å². The standard InChI is InChI=1S/C16H14N4O2S/c21-16(11-3-6-17-7-4-11)20-8-5-12(10-20)14-18-15(22-19-14)13-2-1-9-23-13/h1-4,6-7,9,12H,5,8,10H2/t12-/m1/s1. The first-order chi connectivity index (χ1) is 11.3. The molecular formula is C16H14N4O2S. The molecule has 1 amide bonds. The van der Waals surface area contributed by atoms with E-state index in [1.165, 1.54) is 0 Å². The van der Waals surface area contributed by atoms with Crippen molar-refractivity contribution in [1.29, 1.82) is 0 Å². The molecule has 1 saturated heterocycles. The van der Waals surface area contributed by atoms with E-state index in [-0.39, 0.29) is 11.8 Å². The Morgan fingerprint density at radius 2 is 2.17 bits per heavy atom. The molecule has 0 unspecified atom stereocenters. The van der Waals surface area contributed by atoms with Crippen LogP contribution in [-0.4, -0.2) is 39.0 Å². The summed E-state index contributed by atoms with van der Waals surface area (Å²) < 4.78 is 5.34. The normalized spacial score (nSPS) is 17.6. The highest BCUT2D eigenvalue weighted by atomic mass is 32.1. The van der Waals surface area contributed by atoms with Crippen LogP contribution in [0.25, 0.3) is 10.8 Å². The Morgan fingerprint density at radius 3 is 2.96 bits per heavy atom. The fourth-order valence-electron chi connectivity index (χ4n) is 2.73. The number of rotatable bonds is 3. The lowest BCUT2D eigenvalue weighted by Gasteiger charge is -2.15. The highest BCUT2D eigenvalue weighted by Crippen LogP contribution is 2.29. The van der Waals surface area contributed by atoms with Crippen LogP contribution in [0.2, 0.25) is 0 Å². The number of carbonyl (C=O) groups is 1. The van der Waals surface area contributed by atoms with Gasteiger partial charge in [0.1, 0.15) is 0 Å². The van der Waals surface area contributed by atoms with Crippen LogP contribution in [0, 0.1) is 0 Å². The van der Waals surface area contributed by atoms with Crippen LogP contribution in [0.1, 0.15) is 28.5 Å². The largest absolute Gasteiger partial charge is 0.338 e. The van der Waals surface area contributed by atoms with E-state index in [4.69, 9.17) is 4.52 Å². The maximum atomic E-state index is 12.5. The second-order valence-corrected chi connectivity index (χ2v) is 6.36. The van der Waals surface area contributed by atoms with Crippen molar-refractivity contribution < 1.29 is 9.32 Å². The highest BCUT2D eigenvalue weighted by Gasteiger charge is 2.31. The summed E-state index contributed by atoms with van der Waals surface area (Å²) in [6, 6.07) is 7.38. The van der Waals surface area contributed by atoms with E-state index in [1.54, 1.807) is 35.9 Å². The molecular weight excluding hydrogens is 312 g/mol. The first-order valence-corrected chi connectivity index (χ1v) is 8.26. The number of thiophene rings is 1. The van der Waals surface area contributed by atoms with Gasteiger partial charge in [-0.25, -0.2) is 0 Å². The molecule has 3 aromatic heterocycles. The van der Waals surface area contributed by atoms with Gasteiger partial charge >= 0.3 is 0 Å². The quantitative estimate of drug-likeness (QED) is 0.740. The maximum Gasteiger partial charge on any atom is 0.267 e. The number of nitrogens with zero attached hydrogens (tertiary/aromatic N) is 4. The molecule has 0 aromatic carbocycles. The topological polar surface area (TPSA) is 72.1 Å². The molecule has 6 nitrogen and oxygen atoms in total. The first-order valence-electron chi connectivity index (χ1n) is 7.38. The summed E-state index contributed by atoms with van der Waals surface area (Å²) in [5.74, 6) is 1.38. The molecule has 0 radical (unpaired) electrons. The first kappa shape index (κ1) is 14.1. The Hall–Kier alpha value is -2.54. The minimum Gasteiger partial charge on any atom is -0.338 e. The van der Waals surface area contributed by atoms with Crippen LogP contribution in [0.4, 0.5) is 0 Å². The summed E-state index contributed by atoms with van der Waals surface area (Å²) in [5, 5.41) is 6.07. The van der Waals surface area contributed by atoms with Crippen LogP contribution < -0.4 is 0 Å². The Balaban J connectivity index is 1.47. The molecule has 0 bridgehead atoms. The van der Waals surface area contributed by atoms with Crippen molar-refractivity contribution in [1.82, 2.24) is 20.0 Å². The lowest BCUT2D eigenvalue weighted by atomic mass is 10.1. The zero-order valence-electron chi connectivity index (χ0n) is 12.3. The van der Waals surface area contributed by atoms with E-state index >= 15 is 0 Å². The minimum absolute atomic E-state index is 0.0249. The van der Waals surface area contributed by atoms with E-state index in [0.717, 1.165) is 11.3 Å². The maximum absolute atomic E-state index is 12.5. The molecule has 0 saturated carbocycles. The van der Waals surface area contributed by atoms with Gasteiger partial charge in [0, 0.05) is 37.0 Å². The van der Waals surface area contributed by atoms with Crippen LogP contribution in [0.3, 0.4) is 0 Å². The van der Waals surface area contributed by atoms with E-state index in [9.17, 15) is 4.79 Å². The molecule has 116 valence electrons. The van der Waals surface area contributed by atoms with E-state index < -0.39 is 0 Å². The van der Waals surface area contributed by atoms with E-state index in [0.29, 0.717) is 30.4 Å². The molecule has 1 aliphatic rings.